The van der Waals surface area contributed by atoms with E-state index in [1.165, 1.54) is 29.8 Å². The molecule has 1 aliphatic carbocycles. The normalized spacial score (nSPS) is 18.1. The molecule has 0 bridgehead atoms. The van der Waals surface area contributed by atoms with Crippen LogP contribution in [0.3, 0.4) is 0 Å². The number of likely N-dealkylation sites (N-methyl/N-ethyl adjacent to an activating group) is 1. The molecule has 6 nitrogen and oxygen atoms in total. The van der Waals surface area contributed by atoms with Gasteiger partial charge >= 0.3 is 0 Å². The number of aryl methyl sites for hydroxylation is 1. The predicted octanol–water partition coefficient (Wildman–Crippen LogP) is 2.11. The Hall–Kier alpha value is -2.21. The molecule has 0 saturated carbocycles. The predicted molar refractivity (Wildman–Crippen MR) is 107 cm³/mol. The molecule has 5 rings (SSSR count). The first-order valence-electron chi connectivity index (χ1n) is 10.3. The van der Waals surface area contributed by atoms with Crippen LogP contribution in [0.5, 0.6) is 0 Å². The second-order valence-corrected chi connectivity index (χ2v) is 8.21. The second kappa shape index (κ2) is 6.44. The quantitative estimate of drug-likeness (QED) is 0.769. The molecule has 0 atom stereocenters. The SMILES string of the molecule is CC[NH+]1CCN(c2ncnc3c2oc2nc(C(C)C)c4c(c23)CCC4)CC1. The highest BCUT2D eigenvalue weighted by Gasteiger charge is 2.28. The van der Waals surface area contributed by atoms with Gasteiger partial charge in [0, 0.05) is 0 Å². The molecule has 2 aliphatic rings. The van der Waals surface area contributed by atoms with Crippen molar-refractivity contribution in [2.75, 3.05) is 37.6 Å². The van der Waals surface area contributed by atoms with Crippen LogP contribution in [0.1, 0.15) is 49.9 Å². The van der Waals surface area contributed by atoms with Gasteiger partial charge in [0.05, 0.1) is 43.8 Å². The number of hydrogen-bond donors (Lipinski definition) is 1. The zero-order chi connectivity index (χ0) is 18.5. The maximum Gasteiger partial charge on any atom is 0.229 e. The van der Waals surface area contributed by atoms with Gasteiger partial charge in [0.1, 0.15) is 11.8 Å². The van der Waals surface area contributed by atoms with E-state index in [1.807, 2.05) is 0 Å². The molecule has 1 fully saturated rings. The lowest BCUT2D eigenvalue weighted by molar-refractivity contribution is -0.898. The van der Waals surface area contributed by atoms with Crippen molar-refractivity contribution in [1.29, 1.82) is 0 Å². The summed E-state index contributed by atoms with van der Waals surface area (Å²) in [5, 5.41) is 1.13. The van der Waals surface area contributed by atoms with Crippen molar-refractivity contribution in [3.05, 3.63) is 23.1 Å². The topological polar surface area (TPSA) is 59.5 Å². The van der Waals surface area contributed by atoms with E-state index < -0.39 is 0 Å². The summed E-state index contributed by atoms with van der Waals surface area (Å²) in [6.07, 6.45) is 5.12. The minimum atomic E-state index is 0.408. The standard InChI is InChI=1S/C21H27N5O/c1-4-25-8-10-26(11-9-25)20-19-18(22-12-23-20)16-14-6-5-7-15(14)17(13(2)3)24-21(16)27-19/h12-13H,4-11H2,1-3H3/p+1. The van der Waals surface area contributed by atoms with E-state index in [0.29, 0.717) is 5.92 Å². The third-order valence-electron chi connectivity index (χ3n) is 6.30. The first kappa shape index (κ1) is 16.9. The van der Waals surface area contributed by atoms with E-state index in [-0.39, 0.29) is 0 Å². The summed E-state index contributed by atoms with van der Waals surface area (Å²) in [7, 11) is 0. The number of piperazine rings is 1. The molecule has 0 radical (unpaired) electrons. The summed E-state index contributed by atoms with van der Waals surface area (Å²) in [6, 6.07) is 0. The largest absolute Gasteiger partial charge is 0.432 e. The van der Waals surface area contributed by atoms with Crippen LogP contribution in [0.4, 0.5) is 5.82 Å². The van der Waals surface area contributed by atoms with Crippen LogP contribution in [0.15, 0.2) is 10.7 Å². The van der Waals surface area contributed by atoms with Gasteiger partial charge < -0.3 is 14.2 Å². The zero-order valence-corrected chi connectivity index (χ0v) is 16.5. The summed E-state index contributed by atoms with van der Waals surface area (Å²) in [5.41, 5.74) is 6.54. The molecule has 142 valence electrons. The van der Waals surface area contributed by atoms with Crippen molar-refractivity contribution in [1.82, 2.24) is 15.0 Å². The first-order chi connectivity index (χ1) is 13.2. The monoisotopic (exact) mass is 366 g/mol. The fourth-order valence-corrected chi connectivity index (χ4v) is 4.81. The molecule has 0 spiro atoms. The van der Waals surface area contributed by atoms with Crippen LogP contribution in [-0.4, -0.2) is 47.7 Å². The number of nitrogens with zero attached hydrogens (tertiary/aromatic N) is 4. The molecule has 4 heterocycles. The molecular formula is C21H28N5O+. The van der Waals surface area contributed by atoms with Crippen LogP contribution >= 0.6 is 0 Å². The van der Waals surface area contributed by atoms with Crippen molar-refractivity contribution in [3.63, 3.8) is 0 Å². The summed E-state index contributed by atoms with van der Waals surface area (Å²) in [6.45, 7) is 12.2. The van der Waals surface area contributed by atoms with Crippen molar-refractivity contribution in [3.8, 4) is 0 Å². The lowest BCUT2D eigenvalue weighted by Gasteiger charge is -2.32. The average Bonchev–Trinajstić information content (AvgIpc) is 3.31. The second-order valence-electron chi connectivity index (χ2n) is 8.21. The lowest BCUT2D eigenvalue weighted by atomic mass is 9.99. The molecule has 1 N–H and O–H groups in total. The van der Waals surface area contributed by atoms with Gasteiger partial charge in [0.25, 0.3) is 0 Å². The number of furan rings is 1. The molecule has 6 heteroatoms. The van der Waals surface area contributed by atoms with Gasteiger partial charge in [-0.25, -0.2) is 15.0 Å². The summed E-state index contributed by atoms with van der Waals surface area (Å²) < 4.78 is 6.32. The average molecular weight is 366 g/mol. The van der Waals surface area contributed by atoms with Crippen molar-refractivity contribution >= 4 is 28.0 Å². The number of pyridine rings is 1. The Kier molecular flexibility index (Phi) is 4.04. The molecule has 0 aromatic carbocycles. The summed E-state index contributed by atoms with van der Waals surface area (Å²) in [5.74, 6) is 1.34. The van der Waals surface area contributed by atoms with E-state index >= 15 is 0 Å². The molecule has 1 saturated heterocycles. The maximum absolute atomic E-state index is 6.32. The molecule has 0 unspecified atom stereocenters. The third-order valence-corrected chi connectivity index (χ3v) is 6.30. The Labute approximate surface area is 159 Å². The van der Waals surface area contributed by atoms with E-state index in [1.54, 1.807) is 11.2 Å². The highest BCUT2D eigenvalue weighted by Crippen LogP contribution is 2.40. The molecule has 1 aliphatic heterocycles. The van der Waals surface area contributed by atoms with Gasteiger partial charge in [0.2, 0.25) is 5.71 Å². The Morgan fingerprint density at radius 1 is 1.15 bits per heavy atom. The maximum atomic E-state index is 6.32. The van der Waals surface area contributed by atoms with Gasteiger partial charge in [0.15, 0.2) is 11.4 Å². The van der Waals surface area contributed by atoms with Crippen molar-refractivity contribution in [2.45, 2.75) is 46.0 Å². The number of rotatable bonds is 3. The zero-order valence-electron chi connectivity index (χ0n) is 16.5. The first-order valence-corrected chi connectivity index (χ1v) is 10.3. The van der Waals surface area contributed by atoms with Crippen LogP contribution < -0.4 is 9.80 Å². The van der Waals surface area contributed by atoms with Gasteiger partial charge in [-0.05, 0) is 43.2 Å². The van der Waals surface area contributed by atoms with Gasteiger partial charge in [-0.3, -0.25) is 0 Å². The van der Waals surface area contributed by atoms with Gasteiger partial charge in [-0.15, -0.1) is 0 Å². The van der Waals surface area contributed by atoms with Crippen molar-refractivity contribution in [2.24, 2.45) is 0 Å². The minimum Gasteiger partial charge on any atom is -0.432 e. The van der Waals surface area contributed by atoms with E-state index in [9.17, 15) is 0 Å². The van der Waals surface area contributed by atoms with Crippen LogP contribution in [0, 0.1) is 0 Å². The number of fused-ring (bicyclic) bond motifs is 5. The van der Waals surface area contributed by atoms with Gasteiger partial charge in [-0.2, -0.15) is 0 Å². The van der Waals surface area contributed by atoms with Crippen molar-refractivity contribution < 1.29 is 9.32 Å². The highest BCUT2D eigenvalue weighted by atomic mass is 16.3. The number of hydrogen-bond acceptors (Lipinski definition) is 5. The number of aromatic nitrogens is 3. The molecule has 0 amide bonds. The van der Waals surface area contributed by atoms with Crippen LogP contribution in [0.2, 0.25) is 0 Å². The molecule has 3 aromatic rings. The number of quaternary nitrogens is 1. The van der Waals surface area contributed by atoms with E-state index in [0.717, 1.165) is 67.0 Å². The molecule has 3 aromatic heterocycles. The Balaban J connectivity index is 1.68. The third kappa shape index (κ3) is 2.61. The van der Waals surface area contributed by atoms with Gasteiger partial charge in [-0.1, -0.05) is 13.8 Å². The smallest absolute Gasteiger partial charge is 0.229 e. The molecular weight excluding hydrogens is 338 g/mol. The number of nitrogens with one attached hydrogen (secondary N) is 1. The number of anilines is 1. The summed E-state index contributed by atoms with van der Waals surface area (Å²) in [4.78, 5) is 18.2. The van der Waals surface area contributed by atoms with Crippen LogP contribution in [0.25, 0.3) is 22.2 Å². The Morgan fingerprint density at radius 2 is 1.93 bits per heavy atom. The molecule has 27 heavy (non-hydrogen) atoms. The summed E-state index contributed by atoms with van der Waals surface area (Å²) >= 11 is 0. The minimum absolute atomic E-state index is 0.408. The van der Waals surface area contributed by atoms with E-state index in [2.05, 4.69) is 35.6 Å². The Bertz CT molecular complexity index is 1000. The fraction of sp³-hybridized carbons (Fsp3) is 0.571. The lowest BCUT2D eigenvalue weighted by Crippen LogP contribution is -3.14. The van der Waals surface area contributed by atoms with Crippen LogP contribution in [-0.2, 0) is 12.8 Å². The highest BCUT2D eigenvalue weighted by molar-refractivity contribution is 6.06. The fourth-order valence-electron chi connectivity index (χ4n) is 4.81. The Morgan fingerprint density at radius 3 is 2.67 bits per heavy atom. The van der Waals surface area contributed by atoms with E-state index in [4.69, 9.17) is 9.40 Å².